The number of aryl methyl sites for hydroxylation is 1. The minimum atomic E-state index is 0.558. The Balaban J connectivity index is 2.60. The Hall–Kier alpha value is -1.03. The molecule has 18 heavy (non-hydrogen) atoms. The van der Waals surface area contributed by atoms with Gasteiger partial charge in [0.25, 0.3) is 0 Å². The standard InChI is InChI=1S/C13H22ClN3O/c1-4-11(6-7-14)9-15-13-16-10(3)8-12(17-13)18-5-2/h8,11H,4-7,9H2,1-3H3,(H,15,16,17). The molecule has 1 aromatic heterocycles. The zero-order chi connectivity index (χ0) is 13.4. The quantitative estimate of drug-likeness (QED) is 0.738. The van der Waals surface area contributed by atoms with Crippen molar-refractivity contribution in [2.75, 3.05) is 24.3 Å². The lowest BCUT2D eigenvalue weighted by Gasteiger charge is -2.14. The van der Waals surface area contributed by atoms with Crippen molar-refractivity contribution in [2.24, 2.45) is 5.92 Å². The molecule has 0 saturated heterocycles. The molecule has 1 unspecified atom stereocenters. The van der Waals surface area contributed by atoms with Gasteiger partial charge in [0.2, 0.25) is 11.8 Å². The maximum Gasteiger partial charge on any atom is 0.226 e. The molecule has 1 N–H and O–H groups in total. The fourth-order valence-corrected chi connectivity index (χ4v) is 1.99. The molecule has 4 nitrogen and oxygen atoms in total. The molecule has 0 aliphatic heterocycles. The summed E-state index contributed by atoms with van der Waals surface area (Å²) in [4.78, 5) is 8.66. The minimum Gasteiger partial charge on any atom is -0.478 e. The van der Waals surface area contributed by atoms with Gasteiger partial charge in [0.15, 0.2) is 0 Å². The van der Waals surface area contributed by atoms with Crippen LogP contribution in [0.5, 0.6) is 5.88 Å². The van der Waals surface area contributed by atoms with Crippen LogP contribution in [0.3, 0.4) is 0 Å². The fourth-order valence-electron chi connectivity index (χ4n) is 1.68. The number of nitrogens with zero attached hydrogens (tertiary/aromatic N) is 2. The Kier molecular flexibility index (Phi) is 6.80. The average Bonchev–Trinajstić information content (AvgIpc) is 2.34. The van der Waals surface area contributed by atoms with E-state index in [0.717, 1.165) is 25.1 Å². The van der Waals surface area contributed by atoms with Crippen molar-refractivity contribution < 1.29 is 4.74 Å². The summed E-state index contributed by atoms with van der Waals surface area (Å²) >= 11 is 5.77. The molecule has 0 fully saturated rings. The second kappa shape index (κ2) is 8.14. The van der Waals surface area contributed by atoms with Crippen LogP contribution in [0.1, 0.15) is 32.4 Å². The van der Waals surface area contributed by atoms with Crippen LogP contribution in [0.25, 0.3) is 0 Å². The second-order valence-corrected chi connectivity index (χ2v) is 4.61. The predicted molar refractivity (Wildman–Crippen MR) is 75.5 cm³/mol. The summed E-state index contributed by atoms with van der Waals surface area (Å²) in [5, 5.41) is 3.26. The van der Waals surface area contributed by atoms with Crippen molar-refractivity contribution in [3.05, 3.63) is 11.8 Å². The molecule has 0 spiro atoms. The van der Waals surface area contributed by atoms with Gasteiger partial charge in [-0.3, -0.25) is 0 Å². The smallest absolute Gasteiger partial charge is 0.226 e. The van der Waals surface area contributed by atoms with Gasteiger partial charge in [0, 0.05) is 24.2 Å². The maximum atomic E-state index is 5.77. The predicted octanol–water partition coefficient (Wildman–Crippen LogP) is 3.25. The number of rotatable bonds is 8. The molecule has 0 aliphatic carbocycles. The average molecular weight is 272 g/mol. The van der Waals surface area contributed by atoms with E-state index in [2.05, 4.69) is 22.2 Å². The van der Waals surface area contributed by atoms with Gasteiger partial charge in [-0.05, 0) is 26.2 Å². The third-order valence-electron chi connectivity index (χ3n) is 2.77. The molecule has 0 bridgehead atoms. The molecule has 1 atom stereocenters. The third kappa shape index (κ3) is 5.08. The molecule has 0 saturated carbocycles. The van der Waals surface area contributed by atoms with E-state index in [1.165, 1.54) is 0 Å². The number of halogens is 1. The van der Waals surface area contributed by atoms with Gasteiger partial charge in [0.05, 0.1) is 6.61 Å². The molecule has 5 heteroatoms. The number of aromatic nitrogens is 2. The number of nitrogens with one attached hydrogen (secondary N) is 1. The van der Waals surface area contributed by atoms with Crippen LogP contribution in [-0.4, -0.2) is 29.0 Å². The summed E-state index contributed by atoms with van der Waals surface area (Å²) < 4.78 is 5.40. The van der Waals surface area contributed by atoms with Crippen LogP contribution in [-0.2, 0) is 0 Å². The molecule has 1 heterocycles. The van der Waals surface area contributed by atoms with Gasteiger partial charge in [-0.1, -0.05) is 13.3 Å². The molecular formula is C13H22ClN3O. The Morgan fingerprint density at radius 2 is 2.17 bits per heavy atom. The SMILES string of the molecule is CCOc1cc(C)nc(NCC(CC)CCCl)n1. The molecule has 0 aliphatic rings. The zero-order valence-corrected chi connectivity index (χ0v) is 12.1. The van der Waals surface area contributed by atoms with E-state index in [1.54, 1.807) is 0 Å². The van der Waals surface area contributed by atoms with E-state index in [0.29, 0.717) is 30.2 Å². The van der Waals surface area contributed by atoms with E-state index in [4.69, 9.17) is 16.3 Å². The molecule has 1 aromatic rings. The molecular weight excluding hydrogens is 250 g/mol. The van der Waals surface area contributed by atoms with Gasteiger partial charge in [0.1, 0.15) is 0 Å². The van der Waals surface area contributed by atoms with Crippen LogP contribution >= 0.6 is 11.6 Å². The monoisotopic (exact) mass is 271 g/mol. The lowest BCUT2D eigenvalue weighted by Crippen LogP contribution is -2.16. The largest absolute Gasteiger partial charge is 0.478 e. The van der Waals surface area contributed by atoms with Crippen LogP contribution in [0.2, 0.25) is 0 Å². The van der Waals surface area contributed by atoms with Gasteiger partial charge in [-0.25, -0.2) is 4.98 Å². The molecule has 102 valence electrons. The van der Waals surface area contributed by atoms with Crippen molar-refractivity contribution in [3.8, 4) is 5.88 Å². The highest BCUT2D eigenvalue weighted by Gasteiger charge is 2.07. The van der Waals surface area contributed by atoms with Crippen LogP contribution in [0, 0.1) is 12.8 Å². The molecule has 0 radical (unpaired) electrons. The number of alkyl halides is 1. The van der Waals surface area contributed by atoms with E-state index >= 15 is 0 Å². The summed E-state index contributed by atoms with van der Waals surface area (Å²) in [6.07, 6.45) is 2.11. The van der Waals surface area contributed by atoms with E-state index < -0.39 is 0 Å². The van der Waals surface area contributed by atoms with Crippen LogP contribution < -0.4 is 10.1 Å². The highest BCUT2D eigenvalue weighted by Crippen LogP contribution is 2.14. The lowest BCUT2D eigenvalue weighted by molar-refractivity contribution is 0.326. The Labute approximate surface area is 114 Å². The number of hydrogen-bond donors (Lipinski definition) is 1. The summed E-state index contributed by atoms with van der Waals surface area (Å²) in [5.41, 5.74) is 0.904. The first-order valence-corrected chi connectivity index (χ1v) is 7.01. The summed E-state index contributed by atoms with van der Waals surface area (Å²) in [5.74, 6) is 2.51. The Bertz CT molecular complexity index is 360. The van der Waals surface area contributed by atoms with Gasteiger partial charge in [-0.15, -0.1) is 11.6 Å². The normalized spacial score (nSPS) is 12.2. The number of hydrogen-bond acceptors (Lipinski definition) is 4. The fraction of sp³-hybridized carbons (Fsp3) is 0.692. The maximum absolute atomic E-state index is 5.77. The highest BCUT2D eigenvalue weighted by molar-refractivity contribution is 6.17. The third-order valence-corrected chi connectivity index (χ3v) is 2.98. The van der Waals surface area contributed by atoms with Crippen LogP contribution in [0.15, 0.2) is 6.07 Å². The first-order valence-electron chi connectivity index (χ1n) is 6.47. The molecule has 0 amide bonds. The zero-order valence-electron chi connectivity index (χ0n) is 11.4. The van der Waals surface area contributed by atoms with Crippen molar-refractivity contribution >= 4 is 17.5 Å². The Morgan fingerprint density at radius 1 is 1.39 bits per heavy atom. The summed E-state index contributed by atoms with van der Waals surface area (Å²) in [7, 11) is 0. The van der Waals surface area contributed by atoms with Crippen molar-refractivity contribution in [1.29, 1.82) is 0 Å². The minimum absolute atomic E-state index is 0.558. The summed E-state index contributed by atoms with van der Waals surface area (Å²) in [6, 6.07) is 1.84. The number of anilines is 1. The number of ether oxygens (including phenoxy) is 1. The van der Waals surface area contributed by atoms with Crippen LogP contribution in [0.4, 0.5) is 5.95 Å². The van der Waals surface area contributed by atoms with Crippen molar-refractivity contribution in [1.82, 2.24) is 9.97 Å². The first-order chi connectivity index (χ1) is 8.69. The van der Waals surface area contributed by atoms with Gasteiger partial charge < -0.3 is 10.1 Å². The summed E-state index contributed by atoms with van der Waals surface area (Å²) in [6.45, 7) is 7.50. The second-order valence-electron chi connectivity index (χ2n) is 4.24. The lowest BCUT2D eigenvalue weighted by atomic mass is 10.0. The first kappa shape index (κ1) is 15.0. The van der Waals surface area contributed by atoms with Gasteiger partial charge >= 0.3 is 0 Å². The Morgan fingerprint density at radius 3 is 2.78 bits per heavy atom. The highest BCUT2D eigenvalue weighted by atomic mass is 35.5. The van der Waals surface area contributed by atoms with E-state index in [1.807, 2.05) is 19.9 Å². The van der Waals surface area contributed by atoms with Crippen molar-refractivity contribution in [2.45, 2.75) is 33.6 Å². The molecule has 0 aromatic carbocycles. The van der Waals surface area contributed by atoms with Crippen molar-refractivity contribution in [3.63, 3.8) is 0 Å². The van der Waals surface area contributed by atoms with E-state index in [9.17, 15) is 0 Å². The molecule has 1 rings (SSSR count). The van der Waals surface area contributed by atoms with Gasteiger partial charge in [-0.2, -0.15) is 4.98 Å². The van der Waals surface area contributed by atoms with E-state index in [-0.39, 0.29) is 0 Å². The topological polar surface area (TPSA) is 47.0 Å².